The molecule has 0 bridgehead atoms. The van der Waals surface area contributed by atoms with E-state index in [9.17, 15) is 9.59 Å². The summed E-state index contributed by atoms with van der Waals surface area (Å²) in [5.74, 6) is 0.672. The lowest BCUT2D eigenvalue weighted by Gasteiger charge is -2.22. The van der Waals surface area contributed by atoms with Crippen molar-refractivity contribution in [3.8, 4) is 0 Å². The molecule has 0 aromatic carbocycles. The van der Waals surface area contributed by atoms with E-state index in [-0.39, 0.29) is 17.7 Å². The van der Waals surface area contributed by atoms with Crippen LogP contribution >= 0.6 is 11.8 Å². The van der Waals surface area contributed by atoms with Crippen LogP contribution < -0.4 is 0 Å². The van der Waals surface area contributed by atoms with Gasteiger partial charge in [0.1, 0.15) is 5.76 Å². The normalized spacial score (nSPS) is 22.4. The Hall–Kier alpha value is -1.07. The Morgan fingerprint density at radius 1 is 1.38 bits per heavy atom. The summed E-state index contributed by atoms with van der Waals surface area (Å²) in [6, 6.07) is 0. The smallest absolute Gasteiger partial charge is 0.219 e. The van der Waals surface area contributed by atoms with E-state index in [1.165, 1.54) is 18.9 Å². The van der Waals surface area contributed by atoms with E-state index in [0.717, 1.165) is 19.3 Å². The van der Waals surface area contributed by atoms with Crippen LogP contribution in [0.1, 0.15) is 46.5 Å². The Morgan fingerprint density at radius 3 is 2.71 bits per heavy atom. The molecule has 0 aromatic heterocycles. The van der Waals surface area contributed by atoms with Gasteiger partial charge in [-0.15, -0.1) is 0 Å². The quantitative estimate of drug-likeness (QED) is 0.370. The molecular weight excluding hydrogens is 288 g/mol. The van der Waals surface area contributed by atoms with Crippen molar-refractivity contribution in [1.82, 2.24) is 0 Å². The molecule has 0 spiro atoms. The molecule has 1 atom stereocenters. The molecule has 0 radical (unpaired) electrons. The Morgan fingerprint density at radius 2 is 2.10 bits per heavy atom. The second kappa shape index (κ2) is 8.39. The molecule has 0 saturated carbocycles. The van der Waals surface area contributed by atoms with Gasteiger partial charge in [-0.05, 0) is 26.3 Å². The van der Waals surface area contributed by atoms with Crippen molar-refractivity contribution in [2.75, 3.05) is 13.9 Å². The maximum atomic E-state index is 11.9. The van der Waals surface area contributed by atoms with Gasteiger partial charge in [-0.2, -0.15) is 0 Å². The average Bonchev–Trinajstić information content (AvgIpc) is 2.66. The molecule has 4 nitrogen and oxygen atoms in total. The third-order valence-corrected chi connectivity index (χ3v) is 4.57. The average molecular weight is 312 g/mol. The van der Waals surface area contributed by atoms with Crippen LogP contribution in [0.4, 0.5) is 0 Å². The van der Waals surface area contributed by atoms with Crippen molar-refractivity contribution >= 4 is 22.7 Å². The molecule has 0 aromatic rings. The number of methoxy groups -OCH3 is 1. The van der Waals surface area contributed by atoms with Gasteiger partial charge >= 0.3 is 0 Å². The molecule has 1 aliphatic rings. The summed E-state index contributed by atoms with van der Waals surface area (Å²) < 4.78 is 9.81. The number of ketones is 1. The van der Waals surface area contributed by atoms with Crippen LogP contribution in [-0.4, -0.2) is 29.5 Å². The van der Waals surface area contributed by atoms with Gasteiger partial charge in [0.25, 0.3) is 0 Å². The minimum atomic E-state index is -0.625. The summed E-state index contributed by atoms with van der Waals surface area (Å²) >= 11 is 1.17. The maximum absolute atomic E-state index is 11.9. The van der Waals surface area contributed by atoms with Crippen LogP contribution in [0.2, 0.25) is 0 Å². The Balaban J connectivity index is 2.74. The van der Waals surface area contributed by atoms with Crippen molar-refractivity contribution in [2.24, 2.45) is 0 Å². The van der Waals surface area contributed by atoms with Crippen molar-refractivity contribution in [3.05, 3.63) is 23.5 Å². The van der Waals surface area contributed by atoms with E-state index in [4.69, 9.17) is 9.47 Å². The summed E-state index contributed by atoms with van der Waals surface area (Å²) in [5.41, 5.74) is 0.586. The molecule has 5 heteroatoms. The number of rotatable bonds is 9. The fourth-order valence-electron chi connectivity index (χ4n) is 2.14. The maximum Gasteiger partial charge on any atom is 0.219 e. The molecular formula is C16H24O4S. The van der Waals surface area contributed by atoms with Crippen molar-refractivity contribution < 1.29 is 19.1 Å². The van der Waals surface area contributed by atoms with Crippen LogP contribution in [0.5, 0.6) is 0 Å². The van der Waals surface area contributed by atoms with Gasteiger partial charge in [-0.1, -0.05) is 37.6 Å². The van der Waals surface area contributed by atoms with Crippen molar-refractivity contribution in [2.45, 2.75) is 51.2 Å². The van der Waals surface area contributed by atoms with E-state index < -0.39 is 4.75 Å². The minimum Gasteiger partial charge on any atom is -0.470 e. The van der Waals surface area contributed by atoms with Gasteiger partial charge in [0.05, 0.1) is 4.75 Å². The zero-order valence-corrected chi connectivity index (χ0v) is 14.0. The summed E-state index contributed by atoms with van der Waals surface area (Å²) in [4.78, 5) is 23.7. The fraction of sp³-hybridized carbons (Fsp3) is 0.625. The third-order valence-electron chi connectivity index (χ3n) is 3.34. The lowest BCUT2D eigenvalue weighted by molar-refractivity contribution is -0.114. The standard InChI is InChI=1S/C16H24O4S/c1-5-6-7-8-13(17)9-10-16(3)14(20-11-19-4)12(2)15(18)21-16/h9-10H,5-8,11H2,1-4H3/b10-9+. The van der Waals surface area contributed by atoms with E-state index in [1.54, 1.807) is 19.1 Å². The highest BCUT2D eigenvalue weighted by Crippen LogP contribution is 2.45. The van der Waals surface area contributed by atoms with Gasteiger partial charge in [0.2, 0.25) is 5.12 Å². The van der Waals surface area contributed by atoms with Crippen molar-refractivity contribution in [1.29, 1.82) is 0 Å². The topological polar surface area (TPSA) is 52.6 Å². The van der Waals surface area contributed by atoms with E-state index >= 15 is 0 Å². The van der Waals surface area contributed by atoms with Gasteiger partial charge in [-0.3, -0.25) is 9.59 Å². The molecule has 1 heterocycles. The lowest BCUT2D eigenvalue weighted by atomic mass is 10.0. The summed E-state index contributed by atoms with van der Waals surface area (Å²) in [7, 11) is 1.53. The first kappa shape index (κ1) is 18.0. The van der Waals surface area contributed by atoms with Crippen LogP contribution in [0.25, 0.3) is 0 Å². The second-order valence-electron chi connectivity index (χ2n) is 5.26. The van der Waals surface area contributed by atoms with Crippen LogP contribution in [0, 0.1) is 0 Å². The predicted octanol–water partition coefficient (Wildman–Crippen LogP) is 3.62. The Kier molecular flexibility index (Phi) is 7.18. The van der Waals surface area contributed by atoms with Crippen LogP contribution in [-0.2, 0) is 19.1 Å². The Bertz CT molecular complexity index is 453. The van der Waals surface area contributed by atoms with E-state index in [0.29, 0.717) is 17.8 Å². The van der Waals surface area contributed by atoms with Crippen LogP contribution in [0.15, 0.2) is 23.5 Å². The van der Waals surface area contributed by atoms with Gasteiger partial charge in [0, 0.05) is 19.1 Å². The molecule has 118 valence electrons. The largest absolute Gasteiger partial charge is 0.470 e. The number of ether oxygens (including phenoxy) is 2. The molecule has 0 aliphatic carbocycles. The number of thioether (sulfide) groups is 1. The molecule has 1 unspecified atom stereocenters. The first-order chi connectivity index (χ1) is 9.94. The highest BCUT2D eigenvalue weighted by Gasteiger charge is 2.41. The first-order valence-corrected chi connectivity index (χ1v) is 8.04. The van der Waals surface area contributed by atoms with Gasteiger partial charge in [-0.25, -0.2) is 0 Å². The first-order valence-electron chi connectivity index (χ1n) is 7.23. The summed E-state index contributed by atoms with van der Waals surface area (Å²) in [5, 5.41) is -0.0216. The number of hydrogen-bond acceptors (Lipinski definition) is 5. The number of carbonyl (C=O) groups is 2. The number of hydrogen-bond donors (Lipinski definition) is 0. The lowest BCUT2D eigenvalue weighted by Crippen LogP contribution is -2.20. The highest BCUT2D eigenvalue weighted by molar-refractivity contribution is 8.16. The van der Waals surface area contributed by atoms with Crippen molar-refractivity contribution in [3.63, 3.8) is 0 Å². The Labute approximate surface area is 131 Å². The molecule has 0 fully saturated rings. The zero-order chi connectivity index (χ0) is 15.9. The van der Waals surface area contributed by atoms with Gasteiger partial charge in [0.15, 0.2) is 12.6 Å². The summed E-state index contributed by atoms with van der Waals surface area (Å²) in [6.07, 6.45) is 6.96. The van der Waals surface area contributed by atoms with E-state index in [1.807, 2.05) is 6.92 Å². The minimum absolute atomic E-state index is 0.0216. The number of carbonyl (C=O) groups excluding carboxylic acids is 2. The fourth-order valence-corrected chi connectivity index (χ4v) is 3.22. The number of allylic oxidation sites excluding steroid dienone is 1. The van der Waals surface area contributed by atoms with E-state index in [2.05, 4.69) is 6.92 Å². The number of unbranched alkanes of at least 4 members (excludes halogenated alkanes) is 2. The summed E-state index contributed by atoms with van der Waals surface area (Å²) in [6.45, 7) is 5.82. The monoisotopic (exact) mass is 312 g/mol. The predicted molar refractivity (Wildman–Crippen MR) is 85.0 cm³/mol. The SMILES string of the molecule is CCCCCC(=O)/C=C/C1(C)SC(=O)C(C)=C1OCOC. The molecule has 21 heavy (non-hydrogen) atoms. The van der Waals surface area contributed by atoms with Crippen LogP contribution in [0.3, 0.4) is 0 Å². The molecule has 0 N–H and O–H groups in total. The third kappa shape index (κ3) is 5.00. The molecule has 0 saturated heterocycles. The molecule has 0 amide bonds. The zero-order valence-electron chi connectivity index (χ0n) is 13.2. The molecule has 1 aliphatic heterocycles. The molecule has 1 rings (SSSR count). The second-order valence-corrected chi connectivity index (χ2v) is 6.68. The highest BCUT2D eigenvalue weighted by atomic mass is 32.2. The van der Waals surface area contributed by atoms with Gasteiger partial charge < -0.3 is 9.47 Å².